The van der Waals surface area contributed by atoms with E-state index in [4.69, 9.17) is 24.7 Å². The molecule has 0 aromatic heterocycles. The lowest BCUT2D eigenvalue weighted by atomic mass is 10.3. The molecule has 1 rings (SSSR count). The van der Waals surface area contributed by atoms with Crippen LogP contribution in [0.25, 0.3) is 0 Å². The quantitative estimate of drug-likeness (QED) is 0.549. The molecule has 0 heterocycles. The van der Waals surface area contributed by atoms with Gasteiger partial charge in [0.05, 0.1) is 26.9 Å². The van der Waals surface area contributed by atoms with Crippen LogP contribution in [0, 0.1) is 0 Å². The zero-order chi connectivity index (χ0) is 12.5. The van der Waals surface area contributed by atoms with E-state index < -0.39 is 0 Å². The van der Waals surface area contributed by atoms with E-state index in [0.29, 0.717) is 43.6 Å². The first-order chi connectivity index (χ1) is 8.27. The summed E-state index contributed by atoms with van der Waals surface area (Å²) in [6.45, 7) is 2.13. The van der Waals surface area contributed by atoms with Crippen LogP contribution in [0.15, 0.2) is 18.2 Å². The minimum Gasteiger partial charge on any atom is -0.493 e. The van der Waals surface area contributed by atoms with Gasteiger partial charge in [0, 0.05) is 18.9 Å². The van der Waals surface area contributed by atoms with Crippen molar-refractivity contribution < 1.29 is 18.9 Å². The fourth-order valence-electron chi connectivity index (χ4n) is 1.26. The van der Waals surface area contributed by atoms with Crippen molar-refractivity contribution in [3.63, 3.8) is 0 Å². The Morgan fingerprint density at radius 2 is 1.76 bits per heavy atom. The number of hydrogen-bond acceptors (Lipinski definition) is 5. The van der Waals surface area contributed by atoms with Gasteiger partial charge in [-0.2, -0.15) is 0 Å². The highest BCUT2D eigenvalue weighted by molar-refractivity contribution is 5.51. The molecule has 0 saturated heterocycles. The normalized spacial score (nSPS) is 10.2. The van der Waals surface area contributed by atoms with E-state index in [2.05, 4.69) is 0 Å². The second-order valence-electron chi connectivity index (χ2n) is 3.36. The number of hydrogen-bond donors (Lipinski definition) is 1. The lowest BCUT2D eigenvalue weighted by Crippen LogP contribution is -2.10. The molecule has 0 fully saturated rings. The van der Waals surface area contributed by atoms with Crippen LogP contribution < -0.4 is 15.2 Å². The molecule has 0 aliphatic carbocycles. The minimum atomic E-state index is 0.462. The molecule has 17 heavy (non-hydrogen) atoms. The molecule has 0 aliphatic rings. The van der Waals surface area contributed by atoms with Crippen molar-refractivity contribution in [2.75, 3.05) is 46.4 Å². The summed E-state index contributed by atoms with van der Waals surface area (Å²) in [6, 6.07) is 5.27. The van der Waals surface area contributed by atoms with Gasteiger partial charge in [-0.1, -0.05) is 0 Å². The first-order valence-electron chi connectivity index (χ1n) is 5.41. The van der Waals surface area contributed by atoms with E-state index >= 15 is 0 Å². The molecule has 0 amide bonds. The Kier molecular flexibility index (Phi) is 6.21. The highest BCUT2D eigenvalue weighted by atomic mass is 16.5. The molecule has 0 aliphatic heterocycles. The monoisotopic (exact) mass is 241 g/mol. The summed E-state index contributed by atoms with van der Waals surface area (Å²) < 4.78 is 20.8. The SMILES string of the molecule is COCCOCCOc1ccc(N)cc1OC. The van der Waals surface area contributed by atoms with E-state index in [-0.39, 0.29) is 0 Å². The lowest BCUT2D eigenvalue weighted by molar-refractivity contribution is 0.0540. The molecule has 0 unspecified atom stereocenters. The van der Waals surface area contributed by atoms with Crippen molar-refractivity contribution in [2.45, 2.75) is 0 Å². The van der Waals surface area contributed by atoms with Gasteiger partial charge >= 0.3 is 0 Å². The van der Waals surface area contributed by atoms with Crippen LogP contribution in [-0.2, 0) is 9.47 Å². The third-order valence-electron chi connectivity index (χ3n) is 2.10. The molecule has 96 valence electrons. The van der Waals surface area contributed by atoms with Crippen molar-refractivity contribution in [2.24, 2.45) is 0 Å². The number of nitrogens with two attached hydrogens (primary N) is 1. The summed E-state index contributed by atoms with van der Waals surface area (Å²) in [5.41, 5.74) is 6.28. The number of ether oxygens (including phenoxy) is 4. The third-order valence-corrected chi connectivity index (χ3v) is 2.10. The predicted octanol–water partition coefficient (Wildman–Crippen LogP) is 1.32. The number of anilines is 1. The van der Waals surface area contributed by atoms with Crippen LogP contribution in [0.5, 0.6) is 11.5 Å². The number of methoxy groups -OCH3 is 2. The van der Waals surface area contributed by atoms with Gasteiger partial charge < -0.3 is 24.7 Å². The van der Waals surface area contributed by atoms with Gasteiger partial charge in [-0.3, -0.25) is 0 Å². The van der Waals surface area contributed by atoms with Gasteiger partial charge in [-0.15, -0.1) is 0 Å². The molecule has 0 bridgehead atoms. The Balaban J connectivity index is 2.31. The van der Waals surface area contributed by atoms with Gasteiger partial charge in [-0.05, 0) is 12.1 Å². The van der Waals surface area contributed by atoms with Crippen molar-refractivity contribution in [3.8, 4) is 11.5 Å². The van der Waals surface area contributed by atoms with Gasteiger partial charge in [0.1, 0.15) is 6.61 Å². The van der Waals surface area contributed by atoms with Crippen LogP contribution in [0.1, 0.15) is 0 Å². The molecule has 0 radical (unpaired) electrons. The average molecular weight is 241 g/mol. The first kappa shape index (κ1) is 13.6. The third kappa shape index (κ3) is 4.93. The van der Waals surface area contributed by atoms with Crippen molar-refractivity contribution in [1.29, 1.82) is 0 Å². The zero-order valence-electron chi connectivity index (χ0n) is 10.3. The van der Waals surface area contributed by atoms with E-state index in [1.165, 1.54) is 0 Å². The summed E-state index contributed by atoms with van der Waals surface area (Å²) in [6.07, 6.45) is 0. The molecule has 0 spiro atoms. The Morgan fingerprint density at radius 3 is 2.47 bits per heavy atom. The largest absolute Gasteiger partial charge is 0.493 e. The molecule has 1 aromatic carbocycles. The second kappa shape index (κ2) is 7.76. The van der Waals surface area contributed by atoms with Crippen LogP contribution >= 0.6 is 0 Å². The summed E-state index contributed by atoms with van der Waals surface area (Å²) in [5, 5.41) is 0. The van der Waals surface area contributed by atoms with Crippen LogP contribution in [0.2, 0.25) is 0 Å². The Morgan fingerprint density at radius 1 is 1.00 bits per heavy atom. The summed E-state index contributed by atoms with van der Waals surface area (Å²) >= 11 is 0. The molecular weight excluding hydrogens is 222 g/mol. The van der Waals surface area contributed by atoms with Crippen molar-refractivity contribution in [3.05, 3.63) is 18.2 Å². The van der Waals surface area contributed by atoms with Crippen molar-refractivity contribution >= 4 is 5.69 Å². The zero-order valence-corrected chi connectivity index (χ0v) is 10.3. The highest BCUT2D eigenvalue weighted by Crippen LogP contribution is 2.28. The van der Waals surface area contributed by atoms with E-state index in [0.717, 1.165) is 0 Å². The number of benzene rings is 1. The van der Waals surface area contributed by atoms with E-state index in [1.54, 1.807) is 32.4 Å². The maximum atomic E-state index is 5.64. The van der Waals surface area contributed by atoms with Crippen LogP contribution in [0.3, 0.4) is 0 Å². The van der Waals surface area contributed by atoms with Crippen molar-refractivity contribution in [1.82, 2.24) is 0 Å². The Bertz CT molecular complexity index is 330. The van der Waals surface area contributed by atoms with Crippen LogP contribution in [0.4, 0.5) is 5.69 Å². The molecule has 0 saturated carbocycles. The maximum Gasteiger partial charge on any atom is 0.162 e. The topological polar surface area (TPSA) is 62.9 Å². The summed E-state index contributed by atoms with van der Waals surface area (Å²) in [5.74, 6) is 1.29. The second-order valence-corrected chi connectivity index (χ2v) is 3.36. The minimum absolute atomic E-state index is 0.462. The standard InChI is InChI=1S/C12H19NO4/c1-14-5-6-16-7-8-17-11-4-3-10(13)9-12(11)15-2/h3-4,9H,5-8,13H2,1-2H3. The molecule has 2 N–H and O–H groups in total. The van der Waals surface area contributed by atoms with Gasteiger partial charge in [0.25, 0.3) is 0 Å². The molecule has 1 aromatic rings. The summed E-state index contributed by atoms with van der Waals surface area (Å²) in [7, 11) is 3.22. The van der Waals surface area contributed by atoms with E-state index in [9.17, 15) is 0 Å². The highest BCUT2D eigenvalue weighted by Gasteiger charge is 2.04. The molecular formula is C12H19NO4. The number of nitrogen functional groups attached to an aromatic ring is 1. The molecule has 5 nitrogen and oxygen atoms in total. The Labute approximate surface area is 101 Å². The van der Waals surface area contributed by atoms with Gasteiger partial charge in [0.2, 0.25) is 0 Å². The average Bonchev–Trinajstić information content (AvgIpc) is 2.35. The van der Waals surface area contributed by atoms with Gasteiger partial charge in [-0.25, -0.2) is 0 Å². The predicted molar refractivity (Wildman–Crippen MR) is 65.6 cm³/mol. The number of rotatable bonds is 8. The maximum absolute atomic E-state index is 5.64. The fraction of sp³-hybridized carbons (Fsp3) is 0.500. The van der Waals surface area contributed by atoms with Gasteiger partial charge in [0.15, 0.2) is 11.5 Å². The first-order valence-corrected chi connectivity index (χ1v) is 5.41. The lowest BCUT2D eigenvalue weighted by Gasteiger charge is -2.11. The Hall–Kier alpha value is -1.46. The molecule has 5 heteroatoms. The fourth-order valence-corrected chi connectivity index (χ4v) is 1.26. The molecule has 0 atom stereocenters. The smallest absolute Gasteiger partial charge is 0.162 e. The van der Waals surface area contributed by atoms with E-state index in [1.807, 2.05) is 0 Å². The van der Waals surface area contributed by atoms with Crippen LogP contribution in [-0.4, -0.2) is 40.6 Å². The summed E-state index contributed by atoms with van der Waals surface area (Å²) in [4.78, 5) is 0.